The number of nitrogens with zero attached hydrogens (tertiary/aromatic N) is 1. The number of halogens is 1. The zero-order chi connectivity index (χ0) is 14.5. The number of anilines is 1. The van der Waals surface area contributed by atoms with E-state index in [9.17, 15) is 4.79 Å². The van der Waals surface area contributed by atoms with E-state index in [-0.39, 0.29) is 0 Å². The Morgan fingerprint density at radius 1 is 1.55 bits per heavy atom. The Bertz CT molecular complexity index is 512. The standard InChI is InChI=1S/C15H18ClNO3/c1-20-9-8-17(13-5-6-13)14-10-12(16)4-2-11(14)3-7-15(18)19/h2-4,7,10,13H,5-6,8-9H2,1H3,(H,18,19)/b7-3+. The number of methoxy groups -OCH3 is 1. The van der Waals surface area contributed by atoms with Crippen LogP contribution in [0.15, 0.2) is 24.3 Å². The molecule has 1 aromatic carbocycles. The third kappa shape index (κ3) is 3.99. The summed E-state index contributed by atoms with van der Waals surface area (Å²) < 4.78 is 5.15. The minimum Gasteiger partial charge on any atom is -0.478 e. The zero-order valence-electron chi connectivity index (χ0n) is 11.4. The van der Waals surface area contributed by atoms with Crippen molar-refractivity contribution in [1.29, 1.82) is 0 Å². The maximum Gasteiger partial charge on any atom is 0.328 e. The molecule has 108 valence electrons. The van der Waals surface area contributed by atoms with Crippen molar-refractivity contribution in [2.24, 2.45) is 0 Å². The van der Waals surface area contributed by atoms with E-state index in [1.807, 2.05) is 12.1 Å². The molecular weight excluding hydrogens is 278 g/mol. The molecule has 1 fully saturated rings. The normalized spacial score (nSPS) is 14.7. The molecule has 0 aromatic heterocycles. The Labute approximate surface area is 123 Å². The van der Waals surface area contributed by atoms with Gasteiger partial charge < -0.3 is 14.7 Å². The number of carbonyl (C=O) groups is 1. The number of hydrogen-bond acceptors (Lipinski definition) is 3. The van der Waals surface area contributed by atoms with Gasteiger partial charge in [0.1, 0.15) is 0 Å². The van der Waals surface area contributed by atoms with Gasteiger partial charge in [-0.2, -0.15) is 0 Å². The lowest BCUT2D eigenvalue weighted by molar-refractivity contribution is -0.131. The van der Waals surface area contributed by atoms with E-state index in [0.717, 1.165) is 36.7 Å². The maximum absolute atomic E-state index is 10.7. The van der Waals surface area contributed by atoms with Gasteiger partial charge in [0.2, 0.25) is 0 Å². The van der Waals surface area contributed by atoms with E-state index in [0.29, 0.717) is 17.7 Å². The van der Waals surface area contributed by atoms with Crippen LogP contribution in [0.1, 0.15) is 18.4 Å². The molecule has 1 aliphatic carbocycles. The molecule has 4 nitrogen and oxygen atoms in total. The molecule has 5 heteroatoms. The van der Waals surface area contributed by atoms with Crippen molar-refractivity contribution in [3.63, 3.8) is 0 Å². The predicted octanol–water partition coefficient (Wildman–Crippen LogP) is 3.05. The monoisotopic (exact) mass is 295 g/mol. The van der Waals surface area contributed by atoms with Gasteiger partial charge in [0.05, 0.1) is 6.61 Å². The van der Waals surface area contributed by atoms with Crippen LogP contribution in [-0.4, -0.2) is 37.4 Å². The third-order valence-corrected chi connectivity index (χ3v) is 3.47. The molecule has 1 N–H and O–H groups in total. The average Bonchev–Trinajstić information content (AvgIpc) is 3.22. The van der Waals surface area contributed by atoms with E-state index in [1.165, 1.54) is 0 Å². The van der Waals surface area contributed by atoms with Crippen LogP contribution in [0.2, 0.25) is 5.02 Å². The molecule has 2 rings (SSSR count). The van der Waals surface area contributed by atoms with Gasteiger partial charge >= 0.3 is 5.97 Å². The molecule has 1 aromatic rings. The highest BCUT2D eigenvalue weighted by Crippen LogP contribution is 2.35. The molecule has 0 heterocycles. The van der Waals surface area contributed by atoms with E-state index < -0.39 is 5.97 Å². The summed E-state index contributed by atoms with van der Waals surface area (Å²) in [5.74, 6) is -0.958. The number of carboxylic acid groups (broad SMARTS) is 1. The molecule has 0 atom stereocenters. The summed E-state index contributed by atoms with van der Waals surface area (Å²) in [5.41, 5.74) is 1.83. The first-order valence-electron chi connectivity index (χ1n) is 6.58. The summed E-state index contributed by atoms with van der Waals surface area (Å²) in [4.78, 5) is 12.9. The van der Waals surface area contributed by atoms with Crippen molar-refractivity contribution in [2.45, 2.75) is 18.9 Å². The largest absolute Gasteiger partial charge is 0.478 e. The Morgan fingerprint density at radius 2 is 2.30 bits per heavy atom. The summed E-state index contributed by atoms with van der Waals surface area (Å²) in [6.45, 7) is 1.40. The van der Waals surface area contributed by atoms with Crippen LogP contribution in [0.3, 0.4) is 0 Å². The molecule has 1 aliphatic rings. The van der Waals surface area contributed by atoms with E-state index >= 15 is 0 Å². The first-order valence-corrected chi connectivity index (χ1v) is 6.95. The third-order valence-electron chi connectivity index (χ3n) is 3.23. The Morgan fingerprint density at radius 3 is 2.90 bits per heavy atom. The van der Waals surface area contributed by atoms with Gasteiger partial charge in [0.25, 0.3) is 0 Å². The van der Waals surface area contributed by atoms with E-state index in [2.05, 4.69) is 4.90 Å². The van der Waals surface area contributed by atoms with Gasteiger partial charge in [0.15, 0.2) is 0 Å². The molecule has 0 saturated heterocycles. The van der Waals surface area contributed by atoms with Crippen molar-refractivity contribution < 1.29 is 14.6 Å². The summed E-state index contributed by atoms with van der Waals surface area (Å²) in [6, 6.07) is 6.00. The molecule has 0 bridgehead atoms. The number of rotatable bonds is 7. The van der Waals surface area contributed by atoms with Crippen molar-refractivity contribution in [3.05, 3.63) is 34.9 Å². The number of hydrogen-bond donors (Lipinski definition) is 1. The lowest BCUT2D eigenvalue weighted by Crippen LogP contribution is -2.30. The van der Waals surface area contributed by atoms with Gasteiger partial charge in [-0.05, 0) is 36.6 Å². The first-order chi connectivity index (χ1) is 9.61. The number of benzene rings is 1. The summed E-state index contributed by atoms with van der Waals surface area (Å²) in [7, 11) is 1.67. The van der Waals surface area contributed by atoms with E-state index in [4.69, 9.17) is 21.4 Å². The van der Waals surface area contributed by atoms with Crippen LogP contribution in [0.4, 0.5) is 5.69 Å². The van der Waals surface area contributed by atoms with Gasteiger partial charge in [-0.15, -0.1) is 0 Å². The summed E-state index contributed by atoms with van der Waals surface area (Å²) in [6.07, 6.45) is 5.06. The van der Waals surface area contributed by atoms with Crippen LogP contribution in [0, 0.1) is 0 Å². The second-order valence-electron chi connectivity index (χ2n) is 4.79. The van der Waals surface area contributed by atoms with Crippen molar-refractivity contribution in [3.8, 4) is 0 Å². The summed E-state index contributed by atoms with van der Waals surface area (Å²) in [5, 5.41) is 9.42. The molecule has 0 unspecified atom stereocenters. The highest BCUT2D eigenvalue weighted by molar-refractivity contribution is 6.31. The Balaban J connectivity index is 2.30. The van der Waals surface area contributed by atoms with Crippen LogP contribution in [0.25, 0.3) is 6.08 Å². The molecule has 20 heavy (non-hydrogen) atoms. The Hall–Kier alpha value is -1.52. The number of aliphatic carboxylic acids is 1. The fourth-order valence-electron chi connectivity index (χ4n) is 2.14. The molecule has 0 radical (unpaired) electrons. The first kappa shape index (κ1) is 14.9. The highest BCUT2D eigenvalue weighted by Gasteiger charge is 2.30. The van der Waals surface area contributed by atoms with Gasteiger partial charge in [-0.3, -0.25) is 0 Å². The highest BCUT2D eigenvalue weighted by atomic mass is 35.5. The molecule has 1 saturated carbocycles. The van der Waals surface area contributed by atoms with Crippen molar-refractivity contribution in [1.82, 2.24) is 0 Å². The van der Waals surface area contributed by atoms with Crippen LogP contribution in [0.5, 0.6) is 0 Å². The van der Waals surface area contributed by atoms with Gasteiger partial charge in [0, 0.05) is 36.5 Å². The predicted molar refractivity (Wildman–Crippen MR) is 80.4 cm³/mol. The van der Waals surface area contributed by atoms with Crippen LogP contribution >= 0.6 is 11.6 Å². The molecule has 0 amide bonds. The van der Waals surface area contributed by atoms with Crippen LogP contribution < -0.4 is 4.90 Å². The number of ether oxygens (including phenoxy) is 1. The van der Waals surface area contributed by atoms with E-state index in [1.54, 1.807) is 19.3 Å². The zero-order valence-corrected chi connectivity index (χ0v) is 12.1. The van der Waals surface area contributed by atoms with Crippen LogP contribution in [-0.2, 0) is 9.53 Å². The maximum atomic E-state index is 10.7. The molecule has 0 aliphatic heterocycles. The van der Waals surface area contributed by atoms with Crippen molar-refractivity contribution >= 4 is 29.3 Å². The second kappa shape index (κ2) is 6.77. The lowest BCUT2D eigenvalue weighted by atomic mass is 10.1. The molecule has 0 spiro atoms. The lowest BCUT2D eigenvalue weighted by Gasteiger charge is -2.26. The molecular formula is C15H18ClNO3. The fourth-order valence-corrected chi connectivity index (χ4v) is 2.31. The Kier molecular flexibility index (Phi) is 5.04. The van der Waals surface area contributed by atoms with Crippen molar-refractivity contribution in [2.75, 3.05) is 25.2 Å². The quantitative estimate of drug-likeness (QED) is 0.786. The summed E-state index contributed by atoms with van der Waals surface area (Å²) >= 11 is 6.08. The number of carboxylic acids is 1. The van der Waals surface area contributed by atoms with Gasteiger partial charge in [-0.25, -0.2) is 4.79 Å². The second-order valence-corrected chi connectivity index (χ2v) is 5.23. The average molecular weight is 296 g/mol. The topological polar surface area (TPSA) is 49.8 Å². The minimum atomic E-state index is -0.958. The SMILES string of the molecule is COCCN(c1cc(Cl)ccc1/C=C/C(=O)O)C1CC1. The minimum absolute atomic E-state index is 0.501. The van der Waals surface area contributed by atoms with Gasteiger partial charge in [-0.1, -0.05) is 17.7 Å². The smallest absolute Gasteiger partial charge is 0.328 e. The fraction of sp³-hybridized carbons (Fsp3) is 0.400.